The normalized spacial score (nSPS) is 16.1. The molecule has 0 aromatic heterocycles. The van der Waals surface area contributed by atoms with Gasteiger partial charge >= 0.3 is 0 Å². The summed E-state index contributed by atoms with van der Waals surface area (Å²) in [6.45, 7) is 6.25. The maximum absolute atomic E-state index is 9.65. The van der Waals surface area contributed by atoms with E-state index in [1.807, 2.05) is 18.2 Å². The Morgan fingerprint density at radius 1 is 0.909 bits per heavy atom. The second-order valence-corrected chi connectivity index (χ2v) is 8.84. The summed E-state index contributed by atoms with van der Waals surface area (Å²) in [4.78, 5) is 2.31. The van der Waals surface area contributed by atoms with Crippen molar-refractivity contribution in [3.05, 3.63) is 83.9 Å². The van der Waals surface area contributed by atoms with Crippen molar-refractivity contribution in [2.75, 3.05) is 32.8 Å². The minimum absolute atomic E-state index is 0.159. The summed E-state index contributed by atoms with van der Waals surface area (Å²) in [5, 5.41) is 9.65. The molecule has 0 radical (unpaired) electrons. The molecular weight excluding hydrogens is 410 g/mol. The van der Waals surface area contributed by atoms with Gasteiger partial charge in [-0.1, -0.05) is 54.6 Å². The number of ether oxygens (including phenoxy) is 2. The third-order valence-corrected chi connectivity index (χ3v) is 6.27. The van der Waals surface area contributed by atoms with Crippen LogP contribution >= 0.6 is 0 Å². The monoisotopic (exact) mass is 445 g/mol. The van der Waals surface area contributed by atoms with Gasteiger partial charge in [-0.05, 0) is 73.1 Å². The minimum atomic E-state index is -0.159. The van der Waals surface area contributed by atoms with Gasteiger partial charge in [0.25, 0.3) is 0 Å². The standard InChI is InChI=1S/C29H35NO3/c1-23-28(14-6-15-29(23)33-20-8-17-30-18-16-26(31)22-30)25-12-5-13-27(21-25)32-19-7-11-24-9-3-2-4-10-24/h2-6,9-10,12-15,21,26,31H,7-8,11,16-20,22H2,1H3/t26-/m1/s1. The Bertz CT molecular complexity index is 1000. The van der Waals surface area contributed by atoms with Gasteiger partial charge in [-0.25, -0.2) is 0 Å². The zero-order valence-corrected chi connectivity index (χ0v) is 19.6. The van der Waals surface area contributed by atoms with Crippen molar-refractivity contribution in [2.45, 2.75) is 38.7 Å². The average Bonchev–Trinajstić information content (AvgIpc) is 3.26. The lowest BCUT2D eigenvalue weighted by atomic mass is 10.00. The first-order valence-corrected chi connectivity index (χ1v) is 12.1. The van der Waals surface area contributed by atoms with Crippen LogP contribution in [0.15, 0.2) is 72.8 Å². The minimum Gasteiger partial charge on any atom is -0.494 e. The Hall–Kier alpha value is -2.82. The van der Waals surface area contributed by atoms with Gasteiger partial charge < -0.3 is 19.5 Å². The second-order valence-electron chi connectivity index (χ2n) is 8.84. The Balaban J connectivity index is 1.29. The Kier molecular flexibility index (Phi) is 8.40. The molecule has 0 spiro atoms. The number of nitrogens with zero attached hydrogens (tertiary/aromatic N) is 1. The zero-order valence-electron chi connectivity index (χ0n) is 19.6. The van der Waals surface area contributed by atoms with E-state index in [0.717, 1.165) is 67.9 Å². The van der Waals surface area contributed by atoms with Gasteiger partial charge in [0.2, 0.25) is 0 Å². The van der Waals surface area contributed by atoms with Crippen LogP contribution in [0, 0.1) is 6.92 Å². The van der Waals surface area contributed by atoms with Crippen LogP contribution in [0.25, 0.3) is 11.1 Å². The van der Waals surface area contributed by atoms with Crippen molar-refractivity contribution in [3.63, 3.8) is 0 Å². The molecule has 1 N–H and O–H groups in total. The molecule has 3 aromatic rings. The van der Waals surface area contributed by atoms with Crippen molar-refractivity contribution in [3.8, 4) is 22.6 Å². The fourth-order valence-electron chi connectivity index (χ4n) is 4.43. The van der Waals surface area contributed by atoms with Crippen LogP contribution in [-0.2, 0) is 6.42 Å². The van der Waals surface area contributed by atoms with E-state index in [9.17, 15) is 5.11 Å². The van der Waals surface area contributed by atoms with E-state index in [0.29, 0.717) is 13.2 Å². The van der Waals surface area contributed by atoms with E-state index in [1.54, 1.807) is 0 Å². The molecule has 1 atom stereocenters. The molecule has 0 bridgehead atoms. The summed E-state index contributed by atoms with van der Waals surface area (Å²) in [5.41, 5.74) is 4.81. The fraction of sp³-hybridized carbons (Fsp3) is 0.379. The average molecular weight is 446 g/mol. The highest BCUT2D eigenvalue weighted by Crippen LogP contribution is 2.32. The molecule has 0 unspecified atom stereocenters. The van der Waals surface area contributed by atoms with Crippen molar-refractivity contribution in [1.29, 1.82) is 0 Å². The SMILES string of the molecule is Cc1c(OCCCN2CC[C@@H](O)C2)cccc1-c1cccc(OCCCc2ccccc2)c1. The largest absolute Gasteiger partial charge is 0.494 e. The summed E-state index contributed by atoms with van der Waals surface area (Å²) in [5.74, 6) is 1.84. The summed E-state index contributed by atoms with van der Waals surface area (Å²) in [7, 11) is 0. The van der Waals surface area contributed by atoms with Crippen molar-refractivity contribution < 1.29 is 14.6 Å². The molecule has 1 saturated heterocycles. The number of aliphatic hydroxyl groups is 1. The first-order valence-electron chi connectivity index (χ1n) is 12.1. The highest BCUT2D eigenvalue weighted by molar-refractivity contribution is 5.70. The maximum atomic E-state index is 9.65. The molecule has 33 heavy (non-hydrogen) atoms. The van der Waals surface area contributed by atoms with E-state index in [4.69, 9.17) is 9.47 Å². The van der Waals surface area contributed by atoms with Crippen LogP contribution in [0.2, 0.25) is 0 Å². The van der Waals surface area contributed by atoms with Gasteiger partial charge in [0.15, 0.2) is 0 Å². The van der Waals surface area contributed by atoms with E-state index in [2.05, 4.69) is 66.4 Å². The van der Waals surface area contributed by atoms with E-state index >= 15 is 0 Å². The highest BCUT2D eigenvalue weighted by Gasteiger charge is 2.19. The number of β-amino-alcohol motifs (C(OH)–C–C–N with tert-alkyl or cyclic N) is 1. The number of rotatable bonds is 11. The van der Waals surface area contributed by atoms with E-state index < -0.39 is 0 Å². The molecule has 3 aromatic carbocycles. The molecule has 4 rings (SSSR count). The lowest BCUT2D eigenvalue weighted by Gasteiger charge is -2.16. The molecule has 1 heterocycles. The van der Waals surface area contributed by atoms with Crippen molar-refractivity contribution >= 4 is 0 Å². The van der Waals surface area contributed by atoms with Gasteiger partial charge in [0, 0.05) is 19.6 Å². The predicted octanol–water partition coefficient (Wildman–Crippen LogP) is 5.51. The van der Waals surface area contributed by atoms with Crippen LogP contribution in [0.1, 0.15) is 30.4 Å². The molecule has 4 nitrogen and oxygen atoms in total. The number of hydrogen-bond acceptors (Lipinski definition) is 4. The molecule has 1 aliphatic heterocycles. The number of aliphatic hydroxyl groups excluding tert-OH is 1. The molecule has 174 valence electrons. The van der Waals surface area contributed by atoms with Gasteiger partial charge in [0.1, 0.15) is 11.5 Å². The topological polar surface area (TPSA) is 41.9 Å². The van der Waals surface area contributed by atoms with Gasteiger partial charge in [-0.2, -0.15) is 0 Å². The molecule has 4 heteroatoms. The second kappa shape index (κ2) is 11.9. The van der Waals surface area contributed by atoms with Gasteiger partial charge in [0.05, 0.1) is 19.3 Å². The first-order chi connectivity index (χ1) is 16.2. The Morgan fingerprint density at radius 2 is 1.73 bits per heavy atom. The number of benzene rings is 3. The lowest BCUT2D eigenvalue weighted by molar-refractivity contribution is 0.173. The van der Waals surface area contributed by atoms with Gasteiger partial charge in [-0.3, -0.25) is 0 Å². The Labute approximate surface area is 197 Å². The fourth-order valence-corrected chi connectivity index (χ4v) is 4.43. The van der Waals surface area contributed by atoms with Crippen LogP contribution in [-0.4, -0.2) is 49.0 Å². The quantitative estimate of drug-likeness (QED) is 0.395. The van der Waals surface area contributed by atoms with Crippen LogP contribution in [0.3, 0.4) is 0 Å². The van der Waals surface area contributed by atoms with Crippen molar-refractivity contribution in [1.82, 2.24) is 4.90 Å². The summed E-state index contributed by atoms with van der Waals surface area (Å²) in [6, 6.07) is 25.1. The number of likely N-dealkylation sites (tertiary alicyclic amines) is 1. The predicted molar refractivity (Wildman–Crippen MR) is 134 cm³/mol. The van der Waals surface area contributed by atoms with Gasteiger partial charge in [-0.15, -0.1) is 0 Å². The molecule has 1 aliphatic rings. The molecule has 0 aliphatic carbocycles. The summed E-state index contributed by atoms with van der Waals surface area (Å²) >= 11 is 0. The molecular formula is C29H35NO3. The Morgan fingerprint density at radius 3 is 2.55 bits per heavy atom. The third kappa shape index (κ3) is 6.83. The zero-order chi connectivity index (χ0) is 22.9. The highest BCUT2D eigenvalue weighted by atomic mass is 16.5. The van der Waals surface area contributed by atoms with E-state index in [1.165, 1.54) is 11.1 Å². The summed E-state index contributed by atoms with van der Waals surface area (Å²) in [6.07, 6.45) is 3.71. The van der Waals surface area contributed by atoms with Crippen LogP contribution < -0.4 is 9.47 Å². The lowest BCUT2D eigenvalue weighted by Crippen LogP contribution is -2.24. The number of aryl methyl sites for hydroxylation is 1. The summed E-state index contributed by atoms with van der Waals surface area (Å²) < 4.78 is 12.2. The third-order valence-electron chi connectivity index (χ3n) is 6.27. The van der Waals surface area contributed by atoms with E-state index in [-0.39, 0.29) is 6.10 Å². The maximum Gasteiger partial charge on any atom is 0.122 e. The molecule has 1 fully saturated rings. The molecule has 0 amide bonds. The van der Waals surface area contributed by atoms with Crippen LogP contribution in [0.4, 0.5) is 0 Å². The molecule has 0 saturated carbocycles. The first kappa shape index (κ1) is 23.3. The van der Waals surface area contributed by atoms with Crippen molar-refractivity contribution in [2.24, 2.45) is 0 Å². The van der Waals surface area contributed by atoms with Crippen LogP contribution in [0.5, 0.6) is 11.5 Å². The number of hydrogen-bond donors (Lipinski definition) is 1. The smallest absolute Gasteiger partial charge is 0.122 e.